The highest BCUT2D eigenvalue weighted by atomic mass is 35.5. The minimum Gasteiger partial charge on any atom is -0.372 e. The first-order valence-electron chi connectivity index (χ1n) is 13.4. The molecule has 4 aromatic rings. The average molecular weight is 574 g/mol. The van der Waals surface area contributed by atoms with Crippen molar-refractivity contribution in [1.29, 1.82) is 0 Å². The van der Waals surface area contributed by atoms with Crippen LogP contribution in [0.5, 0.6) is 0 Å². The number of sulfonamides is 1. The summed E-state index contributed by atoms with van der Waals surface area (Å²) in [5.41, 5.74) is 4.41. The molecular formula is C32H32ClN3O3S. The number of rotatable bonds is 8. The number of anilines is 3. The van der Waals surface area contributed by atoms with Gasteiger partial charge in [-0.15, -0.1) is 0 Å². The molecule has 6 nitrogen and oxygen atoms in total. The van der Waals surface area contributed by atoms with Gasteiger partial charge in [0.25, 0.3) is 15.9 Å². The number of aryl methyl sites for hydroxylation is 1. The maximum Gasteiger partial charge on any atom is 0.264 e. The second kappa shape index (κ2) is 12.1. The summed E-state index contributed by atoms with van der Waals surface area (Å²) >= 11 is 6.26. The number of piperidine rings is 1. The van der Waals surface area contributed by atoms with Crippen LogP contribution in [-0.4, -0.2) is 27.4 Å². The van der Waals surface area contributed by atoms with E-state index in [1.165, 1.54) is 29.3 Å². The molecule has 1 aliphatic heterocycles. The van der Waals surface area contributed by atoms with E-state index in [-0.39, 0.29) is 17.3 Å². The van der Waals surface area contributed by atoms with Gasteiger partial charge in [-0.2, -0.15) is 0 Å². The fourth-order valence-electron chi connectivity index (χ4n) is 4.91. The van der Waals surface area contributed by atoms with Crippen molar-refractivity contribution in [2.24, 2.45) is 0 Å². The maximum absolute atomic E-state index is 13.7. The second-order valence-corrected chi connectivity index (χ2v) is 12.3. The van der Waals surface area contributed by atoms with E-state index in [9.17, 15) is 13.2 Å². The molecule has 1 heterocycles. The van der Waals surface area contributed by atoms with Crippen LogP contribution < -0.4 is 14.5 Å². The number of carbonyl (C=O) groups is 1. The lowest BCUT2D eigenvalue weighted by Gasteiger charge is -2.28. The Kier molecular flexibility index (Phi) is 8.43. The van der Waals surface area contributed by atoms with Crippen LogP contribution in [0.1, 0.15) is 40.7 Å². The van der Waals surface area contributed by atoms with Gasteiger partial charge in [-0.1, -0.05) is 48.0 Å². The van der Waals surface area contributed by atoms with E-state index in [2.05, 4.69) is 10.2 Å². The van der Waals surface area contributed by atoms with Crippen LogP contribution in [0.25, 0.3) is 0 Å². The zero-order valence-corrected chi connectivity index (χ0v) is 24.0. The number of hydrogen-bond acceptors (Lipinski definition) is 4. The summed E-state index contributed by atoms with van der Waals surface area (Å²) in [7, 11) is -3.88. The van der Waals surface area contributed by atoms with Gasteiger partial charge in [0, 0.05) is 35.1 Å². The molecule has 1 aliphatic rings. The van der Waals surface area contributed by atoms with Gasteiger partial charge in [0.15, 0.2) is 0 Å². The summed E-state index contributed by atoms with van der Waals surface area (Å²) in [5.74, 6) is -0.225. The van der Waals surface area contributed by atoms with Gasteiger partial charge < -0.3 is 10.2 Å². The van der Waals surface area contributed by atoms with Crippen LogP contribution in [0, 0.1) is 6.92 Å². The minimum atomic E-state index is -3.88. The Morgan fingerprint density at radius 1 is 0.875 bits per heavy atom. The quantitative estimate of drug-likeness (QED) is 0.240. The predicted octanol–water partition coefficient (Wildman–Crippen LogP) is 7.29. The number of carbonyl (C=O) groups excluding carboxylic acids is 1. The van der Waals surface area contributed by atoms with Crippen molar-refractivity contribution in [1.82, 2.24) is 0 Å². The van der Waals surface area contributed by atoms with E-state index in [4.69, 9.17) is 11.6 Å². The van der Waals surface area contributed by atoms with E-state index >= 15 is 0 Å². The Bertz CT molecular complexity index is 1570. The summed E-state index contributed by atoms with van der Waals surface area (Å²) in [6.45, 7) is 4.07. The Hall–Kier alpha value is -3.81. The smallest absolute Gasteiger partial charge is 0.264 e. The predicted molar refractivity (Wildman–Crippen MR) is 163 cm³/mol. The summed E-state index contributed by atoms with van der Waals surface area (Å²) in [6.07, 6.45) is 3.71. The van der Waals surface area contributed by atoms with E-state index in [1.807, 2.05) is 31.2 Å². The van der Waals surface area contributed by atoms with Crippen molar-refractivity contribution < 1.29 is 13.2 Å². The van der Waals surface area contributed by atoms with Crippen LogP contribution in [0.3, 0.4) is 0 Å². The number of nitrogens with zero attached hydrogens (tertiary/aromatic N) is 2. The summed E-state index contributed by atoms with van der Waals surface area (Å²) in [4.78, 5) is 15.5. The second-order valence-electron chi connectivity index (χ2n) is 10.0. The molecule has 1 amide bonds. The lowest BCUT2D eigenvalue weighted by atomic mass is 10.1. The van der Waals surface area contributed by atoms with E-state index in [1.54, 1.807) is 72.8 Å². The van der Waals surface area contributed by atoms with Gasteiger partial charge in [0.2, 0.25) is 0 Å². The fraction of sp³-hybridized carbons (Fsp3) is 0.219. The molecule has 4 aromatic carbocycles. The highest BCUT2D eigenvalue weighted by molar-refractivity contribution is 7.92. The van der Waals surface area contributed by atoms with Crippen molar-refractivity contribution in [2.45, 2.75) is 37.6 Å². The molecular weight excluding hydrogens is 542 g/mol. The van der Waals surface area contributed by atoms with Gasteiger partial charge in [-0.05, 0) is 98.0 Å². The monoisotopic (exact) mass is 573 g/mol. The Labute approximate surface area is 241 Å². The minimum absolute atomic E-state index is 0.0816. The number of benzene rings is 4. The van der Waals surface area contributed by atoms with Gasteiger partial charge in [0.1, 0.15) is 0 Å². The summed E-state index contributed by atoms with van der Waals surface area (Å²) in [6, 6.07) is 28.5. The highest BCUT2D eigenvalue weighted by Gasteiger charge is 2.26. The molecule has 0 radical (unpaired) electrons. The Balaban J connectivity index is 1.33. The first-order chi connectivity index (χ1) is 19.3. The zero-order valence-electron chi connectivity index (χ0n) is 22.4. The first kappa shape index (κ1) is 27.7. The van der Waals surface area contributed by atoms with E-state index in [0.29, 0.717) is 16.3 Å². The maximum atomic E-state index is 13.7. The number of hydrogen-bond donors (Lipinski definition) is 1. The highest BCUT2D eigenvalue weighted by Crippen LogP contribution is 2.31. The zero-order chi connectivity index (χ0) is 28.1. The van der Waals surface area contributed by atoms with Gasteiger partial charge in [0.05, 0.1) is 17.1 Å². The van der Waals surface area contributed by atoms with Gasteiger partial charge >= 0.3 is 0 Å². The molecule has 1 saturated heterocycles. The molecule has 0 atom stereocenters. The third-order valence-electron chi connectivity index (χ3n) is 7.16. The third kappa shape index (κ3) is 6.32. The molecule has 0 spiro atoms. The topological polar surface area (TPSA) is 69.7 Å². The largest absolute Gasteiger partial charge is 0.372 e. The van der Waals surface area contributed by atoms with Gasteiger partial charge in [-0.3, -0.25) is 9.10 Å². The van der Waals surface area contributed by atoms with Crippen LogP contribution >= 0.6 is 11.6 Å². The van der Waals surface area contributed by atoms with E-state index in [0.717, 1.165) is 29.9 Å². The third-order valence-corrected chi connectivity index (χ3v) is 9.17. The molecule has 0 saturated carbocycles. The number of nitrogens with one attached hydrogen (secondary N) is 1. The van der Waals surface area contributed by atoms with Crippen molar-refractivity contribution in [3.63, 3.8) is 0 Å². The van der Waals surface area contributed by atoms with Crippen LogP contribution in [0.4, 0.5) is 17.1 Å². The standard InChI is InChI=1S/C32H32ClN3O3S/c1-24-10-15-27(33)22-31(24)36(40(38,39)30-8-4-2-5-9-30)23-25-11-13-26(14-12-25)32(37)34-28-16-18-29(19-17-28)35-20-6-3-7-21-35/h2,4-5,8-19,22H,3,6-7,20-21,23H2,1H3,(H,34,37). The number of halogens is 1. The van der Waals surface area contributed by atoms with Crippen molar-refractivity contribution in [3.05, 3.63) is 119 Å². The average Bonchev–Trinajstić information content (AvgIpc) is 2.99. The SMILES string of the molecule is Cc1ccc(Cl)cc1N(Cc1ccc(C(=O)Nc2ccc(N3CCCCC3)cc2)cc1)S(=O)(=O)c1ccccc1. The number of amides is 1. The first-order valence-corrected chi connectivity index (χ1v) is 15.2. The van der Waals surface area contributed by atoms with Crippen molar-refractivity contribution >= 4 is 44.6 Å². The molecule has 206 valence electrons. The van der Waals surface area contributed by atoms with Crippen LogP contribution in [0.15, 0.2) is 102 Å². The Morgan fingerprint density at radius 2 is 1.55 bits per heavy atom. The van der Waals surface area contributed by atoms with Crippen molar-refractivity contribution in [3.8, 4) is 0 Å². The van der Waals surface area contributed by atoms with Gasteiger partial charge in [-0.25, -0.2) is 8.42 Å². The lowest BCUT2D eigenvalue weighted by molar-refractivity contribution is 0.102. The molecule has 1 fully saturated rings. The van der Waals surface area contributed by atoms with Crippen molar-refractivity contribution in [2.75, 3.05) is 27.6 Å². The molecule has 0 unspecified atom stereocenters. The molecule has 40 heavy (non-hydrogen) atoms. The molecule has 0 bridgehead atoms. The summed E-state index contributed by atoms with van der Waals surface area (Å²) < 4.78 is 28.8. The molecule has 0 aliphatic carbocycles. The lowest BCUT2D eigenvalue weighted by Crippen LogP contribution is -2.31. The van der Waals surface area contributed by atoms with Crippen LogP contribution in [0.2, 0.25) is 5.02 Å². The van der Waals surface area contributed by atoms with Crippen LogP contribution in [-0.2, 0) is 16.6 Å². The Morgan fingerprint density at radius 3 is 2.23 bits per heavy atom. The fourth-order valence-corrected chi connectivity index (χ4v) is 6.61. The molecule has 0 aromatic heterocycles. The molecule has 5 rings (SSSR count). The molecule has 1 N–H and O–H groups in total. The van der Waals surface area contributed by atoms with E-state index < -0.39 is 10.0 Å². The summed E-state index contributed by atoms with van der Waals surface area (Å²) in [5, 5.41) is 3.40. The molecule has 8 heteroatoms. The normalized spacial score (nSPS) is 13.6.